The summed E-state index contributed by atoms with van der Waals surface area (Å²) in [5, 5.41) is 36.9. The van der Waals surface area contributed by atoms with Crippen molar-refractivity contribution in [3.05, 3.63) is 23.3 Å². The van der Waals surface area contributed by atoms with Gasteiger partial charge in [0.2, 0.25) is 11.8 Å². The Kier molecular flexibility index (Phi) is 7.34. The van der Waals surface area contributed by atoms with Gasteiger partial charge in [0.1, 0.15) is 12.3 Å². The number of amides is 2. The normalized spacial score (nSPS) is 37.2. The van der Waals surface area contributed by atoms with Crippen LogP contribution in [-0.2, 0) is 28.8 Å². The Morgan fingerprint density at radius 2 is 1.79 bits per heavy atom. The number of benzene rings is 1. The van der Waals surface area contributed by atoms with E-state index in [0.29, 0.717) is 5.92 Å². The zero-order valence-corrected chi connectivity index (χ0v) is 23.5. The fourth-order valence-electron chi connectivity index (χ4n) is 6.95. The molecule has 14 nitrogen and oxygen atoms in total. The number of carbonyl (C=O) groups excluding carboxylic acids is 6. The van der Waals surface area contributed by atoms with Crippen molar-refractivity contribution >= 4 is 40.6 Å². The molecule has 42 heavy (non-hydrogen) atoms. The smallest absolute Gasteiger partial charge is 0.240 e. The number of nitrogens with two attached hydrogens (primary N) is 1. The van der Waals surface area contributed by atoms with Gasteiger partial charge in [0.25, 0.3) is 0 Å². The summed E-state index contributed by atoms with van der Waals surface area (Å²) in [5.74, 6) is -14.5. The van der Waals surface area contributed by atoms with Crippen LogP contribution in [0.1, 0.15) is 42.1 Å². The number of hydrogen-bond acceptors (Lipinski definition) is 12. The zero-order chi connectivity index (χ0) is 31.0. The molecule has 1 aromatic rings. The minimum Gasteiger partial charge on any atom is -0.505 e. The van der Waals surface area contributed by atoms with Gasteiger partial charge in [0.05, 0.1) is 41.3 Å². The average molecular weight is 587 g/mol. The number of aliphatic hydroxyl groups is 2. The third-order valence-corrected chi connectivity index (χ3v) is 9.27. The summed E-state index contributed by atoms with van der Waals surface area (Å²) < 4.78 is 0. The standard InChI is InChI=1S/C28H34N4O10/c1-9-7-13(9)42-30-8-14(33)31-12-6-5-11-10(2)15-17(22(35)16(11)21(12)34)25(38)28(41)19(23(15)36)20(32(3)4)24(37)18(26(28)39)27(29)40/h5-6,9-10,13,15,17-20,23,30,34,36,41H,7-8H2,1-4H3,(H2,29,40)(H,31,33)/t9?,10?,13?,15?,17?,18?,19?,20-,23?,28-/m0/s1. The quantitative estimate of drug-likeness (QED) is 0.119. The molecular formula is C28H34N4O10. The van der Waals surface area contributed by atoms with Crippen molar-refractivity contribution in [3.8, 4) is 5.75 Å². The fraction of sp³-hybridized carbons (Fsp3) is 0.571. The second-order valence-electron chi connectivity index (χ2n) is 12.0. The van der Waals surface area contributed by atoms with E-state index < -0.39 is 88.0 Å². The number of nitrogens with zero attached hydrogens (tertiary/aromatic N) is 1. The topological polar surface area (TPSA) is 226 Å². The van der Waals surface area contributed by atoms with Crippen molar-refractivity contribution in [2.75, 3.05) is 26.0 Å². The number of Topliss-reactive ketones (excluding diaryl/α,β-unsaturated/α-hetero) is 4. The highest BCUT2D eigenvalue weighted by Crippen LogP contribution is 2.55. The minimum absolute atomic E-state index is 0.0141. The van der Waals surface area contributed by atoms with Crippen molar-refractivity contribution in [1.29, 1.82) is 0 Å². The number of aliphatic hydroxyl groups excluding tert-OH is 1. The van der Waals surface area contributed by atoms with Crippen molar-refractivity contribution in [2.45, 2.75) is 50.0 Å². The molecule has 226 valence electrons. The number of phenolic OH excluding ortho intramolecular Hbond substituents is 1. The molecule has 4 aliphatic carbocycles. The molecule has 5 rings (SSSR count). The first-order valence-corrected chi connectivity index (χ1v) is 13.7. The highest BCUT2D eigenvalue weighted by Gasteiger charge is 2.72. The first-order chi connectivity index (χ1) is 19.6. The summed E-state index contributed by atoms with van der Waals surface area (Å²) in [6, 6.07) is 1.41. The lowest BCUT2D eigenvalue weighted by atomic mass is 9.49. The number of hydroxylamine groups is 1. The zero-order valence-electron chi connectivity index (χ0n) is 23.5. The van der Waals surface area contributed by atoms with Crippen LogP contribution in [0.4, 0.5) is 5.69 Å². The number of aromatic hydroxyl groups is 1. The van der Waals surface area contributed by atoms with Crippen molar-refractivity contribution in [2.24, 2.45) is 35.3 Å². The lowest BCUT2D eigenvalue weighted by Crippen LogP contribution is -2.77. The molecule has 0 radical (unpaired) electrons. The maximum Gasteiger partial charge on any atom is 0.240 e. The van der Waals surface area contributed by atoms with Crippen molar-refractivity contribution in [3.63, 3.8) is 0 Å². The Morgan fingerprint density at radius 1 is 1.14 bits per heavy atom. The number of likely N-dealkylation sites (N-methyl/N-ethyl adjacent to an activating group) is 1. The second kappa shape index (κ2) is 10.3. The summed E-state index contributed by atoms with van der Waals surface area (Å²) >= 11 is 0. The number of primary amides is 1. The van der Waals surface area contributed by atoms with Crippen molar-refractivity contribution < 1.29 is 48.9 Å². The van der Waals surface area contributed by atoms with Gasteiger partial charge in [-0.3, -0.25) is 38.5 Å². The maximum atomic E-state index is 14.0. The van der Waals surface area contributed by atoms with Crippen LogP contribution in [-0.4, -0.2) is 99.7 Å². The maximum absolute atomic E-state index is 14.0. The van der Waals surface area contributed by atoms with Gasteiger partial charge in [-0.1, -0.05) is 19.9 Å². The van der Waals surface area contributed by atoms with E-state index in [1.807, 2.05) is 6.92 Å². The number of anilines is 1. The molecular weight excluding hydrogens is 552 g/mol. The van der Waals surface area contributed by atoms with Gasteiger partial charge in [0, 0.05) is 5.92 Å². The van der Waals surface area contributed by atoms with E-state index >= 15 is 0 Å². The van der Waals surface area contributed by atoms with Gasteiger partial charge in [-0.2, -0.15) is 5.48 Å². The minimum atomic E-state index is -3.08. The molecule has 7 N–H and O–H groups in total. The van der Waals surface area contributed by atoms with E-state index in [2.05, 4.69) is 10.8 Å². The lowest BCUT2D eigenvalue weighted by Gasteiger charge is -2.56. The number of hydrogen-bond donors (Lipinski definition) is 6. The first-order valence-electron chi connectivity index (χ1n) is 13.7. The molecule has 3 saturated carbocycles. The highest BCUT2D eigenvalue weighted by atomic mass is 16.7. The Bertz CT molecular complexity index is 1410. The number of fused-ring (bicyclic) bond motifs is 3. The van der Waals surface area contributed by atoms with Gasteiger partial charge in [-0.25, -0.2) is 0 Å². The Morgan fingerprint density at radius 3 is 2.36 bits per heavy atom. The largest absolute Gasteiger partial charge is 0.505 e. The first kappa shape index (κ1) is 29.9. The summed E-state index contributed by atoms with van der Waals surface area (Å²) in [6.07, 6.45) is -0.840. The molecule has 3 fully saturated rings. The fourth-order valence-corrected chi connectivity index (χ4v) is 6.95. The predicted octanol–water partition coefficient (Wildman–Crippen LogP) is -1.73. The van der Waals surface area contributed by atoms with Gasteiger partial charge in [-0.05, 0) is 44.0 Å². The van der Waals surface area contributed by atoms with E-state index in [1.54, 1.807) is 6.92 Å². The number of phenols is 1. The van der Waals surface area contributed by atoms with Gasteiger partial charge < -0.3 is 26.4 Å². The molecule has 10 atom stereocenters. The molecule has 0 heterocycles. The molecule has 4 aliphatic rings. The molecule has 2 amide bonds. The van der Waals surface area contributed by atoms with E-state index in [4.69, 9.17) is 10.6 Å². The Labute approximate surface area is 240 Å². The number of rotatable bonds is 7. The highest BCUT2D eigenvalue weighted by molar-refractivity contribution is 6.32. The number of nitrogens with one attached hydrogen (secondary N) is 2. The van der Waals surface area contributed by atoms with Gasteiger partial charge in [-0.15, -0.1) is 0 Å². The van der Waals surface area contributed by atoms with E-state index in [1.165, 1.54) is 31.1 Å². The van der Waals surface area contributed by atoms with Crippen LogP contribution in [0.5, 0.6) is 5.75 Å². The van der Waals surface area contributed by atoms with E-state index in [9.17, 15) is 44.1 Å². The molecule has 0 spiro atoms. The lowest BCUT2D eigenvalue weighted by molar-refractivity contribution is -0.196. The van der Waals surface area contributed by atoms with Crippen LogP contribution in [0.3, 0.4) is 0 Å². The summed E-state index contributed by atoms with van der Waals surface area (Å²) in [4.78, 5) is 85.7. The molecule has 0 saturated heterocycles. The number of ketones is 4. The Balaban J connectivity index is 1.51. The molecule has 0 aromatic heterocycles. The molecule has 0 aliphatic heterocycles. The summed E-state index contributed by atoms with van der Waals surface area (Å²) in [6.45, 7) is 3.35. The Hall–Kier alpha value is -3.56. The summed E-state index contributed by atoms with van der Waals surface area (Å²) in [5.41, 5.74) is 4.62. The van der Waals surface area contributed by atoms with Gasteiger partial charge in [0.15, 0.2) is 34.7 Å². The van der Waals surface area contributed by atoms with Crippen LogP contribution in [0.2, 0.25) is 0 Å². The van der Waals surface area contributed by atoms with E-state index in [-0.39, 0.29) is 29.5 Å². The third kappa shape index (κ3) is 4.28. The van der Waals surface area contributed by atoms with Crippen molar-refractivity contribution in [1.82, 2.24) is 10.4 Å². The predicted molar refractivity (Wildman–Crippen MR) is 143 cm³/mol. The monoisotopic (exact) mass is 586 g/mol. The van der Waals surface area contributed by atoms with Gasteiger partial charge >= 0.3 is 0 Å². The van der Waals surface area contributed by atoms with Crippen LogP contribution >= 0.6 is 0 Å². The summed E-state index contributed by atoms with van der Waals surface area (Å²) in [7, 11) is 2.85. The van der Waals surface area contributed by atoms with E-state index in [0.717, 1.165) is 6.42 Å². The van der Waals surface area contributed by atoms with Crippen LogP contribution in [0, 0.1) is 29.6 Å². The number of carbonyl (C=O) groups is 6. The SMILES string of the molecule is CC1CC1ONCC(=O)Nc1ccc2c(c1O)C(=O)C1C(=O)[C@]3(O)C(=O)C(C(N)=O)C(=O)[C@@H](N(C)C)C3C(O)C1C2C. The molecule has 0 bridgehead atoms. The second-order valence-corrected chi connectivity index (χ2v) is 12.0. The molecule has 14 heteroatoms. The van der Waals surface area contributed by atoms with Crippen LogP contribution in [0.15, 0.2) is 12.1 Å². The molecule has 8 unspecified atom stereocenters. The van der Waals surface area contributed by atoms with Crippen LogP contribution < -0.4 is 16.5 Å². The third-order valence-electron chi connectivity index (χ3n) is 9.27. The average Bonchev–Trinajstić information content (AvgIpc) is 3.61. The molecule has 1 aromatic carbocycles. The van der Waals surface area contributed by atoms with Crippen LogP contribution in [0.25, 0.3) is 0 Å².